The van der Waals surface area contributed by atoms with Crippen LogP contribution in [-0.2, 0) is 16.6 Å². The molecule has 0 radical (unpaired) electrons. The number of aromatic nitrogens is 1. The molecule has 0 aliphatic carbocycles. The summed E-state index contributed by atoms with van der Waals surface area (Å²) < 4.78 is 27.7. The van der Waals surface area contributed by atoms with Gasteiger partial charge in [0.2, 0.25) is 10.0 Å². The molecule has 0 spiro atoms. The van der Waals surface area contributed by atoms with Crippen LogP contribution in [0.25, 0.3) is 0 Å². The molecule has 0 saturated carbocycles. The average molecular weight is 387 g/mol. The molecular weight excluding hydrogens is 370 g/mol. The number of aryl methyl sites for hydroxylation is 1. The summed E-state index contributed by atoms with van der Waals surface area (Å²) in [5.74, 6) is -0.391. The number of hydrogen-bond acceptors (Lipinski definition) is 5. The molecule has 1 amide bonds. The van der Waals surface area contributed by atoms with Gasteiger partial charge in [-0.2, -0.15) is 0 Å². The minimum atomic E-state index is -3.74. The fourth-order valence-corrected chi connectivity index (χ4v) is 3.89. The predicted molar refractivity (Wildman–Crippen MR) is 102 cm³/mol. The third-order valence-electron chi connectivity index (χ3n) is 3.73. The lowest BCUT2D eigenvalue weighted by molar-refractivity contribution is 0.102. The fraction of sp³-hybridized carbons (Fsp3) is 0.111. The molecule has 26 heavy (non-hydrogen) atoms. The standard InChI is InChI=1S/C18H17N3O3S2/c1-13-7-8-15(11-16(13)17(22)21-18-19-9-10-25-18)26(23,24)20-12-14-5-3-2-4-6-14/h2-11,20H,12H2,1H3,(H,19,21,22). The number of benzene rings is 2. The van der Waals surface area contributed by atoms with Crippen LogP contribution in [0, 0.1) is 6.92 Å². The van der Waals surface area contributed by atoms with Crippen LogP contribution < -0.4 is 10.0 Å². The summed E-state index contributed by atoms with van der Waals surface area (Å²) in [6.07, 6.45) is 1.58. The number of nitrogens with one attached hydrogen (secondary N) is 2. The highest BCUT2D eigenvalue weighted by molar-refractivity contribution is 7.89. The first kappa shape index (κ1) is 18.2. The number of rotatable bonds is 6. The second-order valence-corrected chi connectivity index (χ2v) is 8.24. The molecule has 6 nitrogen and oxygen atoms in total. The zero-order valence-electron chi connectivity index (χ0n) is 14.0. The molecule has 0 unspecified atom stereocenters. The lowest BCUT2D eigenvalue weighted by Crippen LogP contribution is -2.24. The molecule has 1 heterocycles. The van der Waals surface area contributed by atoms with E-state index in [9.17, 15) is 13.2 Å². The number of sulfonamides is 1. The van der Waals surface area contributed by atoms with E-state index in [1.807, 2.05) is 30.3 Å². The summed E-state index contributed by atoms with van der Waals surface area (Å²) in [6.45, 7) is 1.93. The van der Waals surface area contributed by atoms with Crippen LogP contribution in [0.1, 0.15) is 21.5 Å². The van der Waals surface area contributed by atoms with Crippen LogP contribution in [0.5, 0.6) is 0 Å². The van der Waals surface area contributed by atoms with Crippen LogP contribution in [-0.4, -0.2) is 19.3 Å². The van der Waals surface area contributed by atoms with Crippen molar-refractivity contribution in [3.63, 3.8) is 0 Å². The Labute approximate surface area is 156 Å². The van der Waals surface area contributed by atoms with Crippen molar-refractivity contribution in [1.82, 2.24) is 9.71 Å². The molecule has 3 aromatic rings. The van der Waals surface area contributed by atoms with Gasteiger partial charge in [-0.25, -0.2) is 18.1 Å². The summed E-state index contributed by atoms with van der Waals surface area (Å²) >= 11 is 1.29. The van der Waals surface area contributed by atoms with Crippen molar-refractivity contribution < 1.29 is 13.2 Å². The van der Waals surface area contributed by atoms with Gasteiger partial charge in [0.1, 0.15) is 0 Å². The molecule has 0 fully saturated rings. The van der Waals surface area contributed by atoms with Gasteiger partial charge in [0.25, 0.3) is 5.91 Å². The third kappa shape index (κ3) is 4.34. The van der Waals surface area contributed by atoms with E-state index in [2.05, 4.69) is 15.0 Å². The van der Waals surface area contributed by atoms with Crippen molar-refractivity contribution in [3.8, 4) is 0 Å². The molecule has 8 heteroatoms. The highest BCUT2D eigenvalue weighted by Crippen LogP contribution is 2.19. The zero-order chi connectivity index (χ0) is 18.6. The molecular formula is C18H17N3O3S2. The fourth-order valence-electron chi connectivity index (χ4n) is 2.32. The first-order valence-corrected chi connectivity index (χ1v) is 10.2. The van der Waals surface area contributed by atoms with Gasteiger partial charge in [0.15, 0.2) is 5.13 Å². The second-order valence-electron chi connectivity index (χ2n) is 5.58. The Morgan fingerprint density at radius 1 is 1.15 bits per heavy atom. The molecule has 0 atom stereocenters. The van der Waals surface area contributed by atoms with E-state index in [0.29, 0.717) is 16.3 Å². The second kappa shape index (κ2) is 7.77. The quantitative estimate of drug-likeness (QED) is 0.680. The topological polar surface area (TPSA) is 88.2 Å². The van der Waals surface area contributed by atoms with E-state index < -0.39 is 15.9 Å². The Morgan fingerprint density at radius 2 is 1.92 bits per heavy atom. The first-order valence-electron chi connectivity index (χ1n) is 7.81. The molecule has 2 aromatic carbocycles. The highest BCUT2D eigenvalue weighted by atomic mass is 32.2. The van der Waals surface area contributed by atoms with Gasteiger partial charge in [-0.15, -0.1) is 11.3 Å². The van der Waals surface area contributed by atoms with Crippen LogP contribution in [0.3, 0.4) is 0 Å². The Balaban J connectivity index is 1.80. The zero-order valence-corrected chi connectivity index (χ0v) is 15.6. The summed E-state index contributed by atoms with van der Waals surface area (Å²) in [5.41, 5.74) is 1.83. The van der Waals surface area contributed by atoms with Gasteiger partial charge < -0.3 is 0 Å². The Bertz CT molecular complexity index is 1000. The average Bonchev–Trinajstić information content (AvgIpc) is 3.14. The maximum Gasteiger partial charge on any atom is 0.257 e. The van der Waals surface area contributed by atoms with Gasteiger partial charge in [-0.05, 0) is 30.2 Å². The number of anilines is 1. The van der Waals surface area contributed by atoms with Crippen LogP contribution in [0.15, 0.2) is 65.0 Å². The molecule has 0 aliphatic heterocycles. The number of nitrogens with zero attached hydrogens (tertiary/aromatic N) is 1. The van der Waals surface area contributed by atoms with Gasteiger partial charge in [-0.1, -0.05) is 36.4 Å². The number of thiazole rings is 1. The van der Waals surface area contributed by atoms with E-state index >= 15 is 0 Å². The van der Waals surface area contributed by atoms with Crippen molar-refractivity contribution in [2.75, 3.05) is 5.32 Å². The van der Waals surface area contributed by atoms with E-state index in [1.165, 1.54) is 23.5 Å². The van der Waals surface area contributed by atoms with Gasteiger partial charge in [0.05, 0.1) is 4.90 Å². The summed E-state index contributed by atoms with van der Waals surface area (Å²) in [4.78, 5) is 16.5. The van der Waals surface area contributed by atoms with E-state index in [1.54, 1.807) is 24.6 Å². The lowest BCUT2D eigenvalue weighted by Gasteiger charge is -2.10. The Kier molecular flexibility index (Phi) is 5.46. The predicted octanol–water partition coefficient (Wildman–Crippen LogP) is 3.18. The van der Waals surface area contributed by atoms with Crippen LogP contribution in [0.2, 0.25) is 0 Å². The summed E-state index contributed by atoms with van der Waals surface area (Å²) in [6, 6.07) is 13.7. The molecule has 0 bridgehead atoms. The number of amides is 1. The molecule has 0 aliphatic rings. The van der Waals surface area contributed by atoms with Crippen molar-refractivity contribution >= 4 is 32.4 Å². The summed E-state index contributed by atoms with van der Waals surface area (Å²) in [5, 5.41) is 4.88. The normalized spacial score (nSPS) is 11.3. The smallest absolute Gasteiger partial charge is 0.257 e. The number of carbonyl (C=O) groups excluding carboxylic acids is 1. The highest BCUT2D eigenvalue weighted by Gasteiger charge is 2.18. The van der Waals surface area contributed by atoms with E-state index in [4.69, 9.17) is 0 Å². The molecule has 134 valence electrons. The number of carbonyl (C=O) groups is 1. The molecule has 1 aromatic heterocycles. The molecule has 0 saturated heterocycles. The minimum Gasteiger partial charge on any atom is -0.298 e. The maximum atomic E-state index is 12.6. The van der Waals surface area contributed by atoms with E-state index in [0.717, 1.165) is 5.56 Å². The van der Waals surface area contributed by atoms with Crippen molar-refractivity contribution in [3.05, 3.63) is 76.8 Å². The summed E-state index contributed by atoms with van der Waals surface area (Å²) in [7, 11) is -3.74. The lowest BCUT2D eigenvalue weighted by atomic mass is 10.1. The monoisotopic (exact) mass is 387 g/mol. The Morgan fingerprint density at radius 3 is 2.62 bits per heavy atom. The Hall–Kier alpha value is -2.55. The maximum absolute atomic E-state index is 12.6. The molecule has 2 N–H and O–H groups in total. The first-order chi connectivity index (χ1) is 12.5. The number of hydrogen-bond donors (Lipinski definition) is 2. The largest absolute Gasteiger partial charge is 0.298 e. The van der Waals surface area contributed by atoms with Gasteiger partial charge >= 0.3 is 0 Å². The van der Waals surface area contributed by atoms with E-state index in [-0.39, 0.29) is 11.4 Å². The van der Waals surface area contributed by atoms with Crippen molar-refractivity contribution in [2.24, 2.45) is 0 Å². The van der Waals surface area contributed by atoms with Crippen LogP contribution >= 0.6 is 11.3 Å². The third-order valence-corrected chi connectivity index (χ3v) is 5.81. The SMILES string of the molecule is Cc1ccc(S(=O)(=O)NCc2ccccc2)cc1C(=O)Nc1nccs1. The molecule has 3 rings (SSSR count). The van der Waals surface area contributed by atoms with Crippen LogP contribution in [0.4, 0.5) is 5.13 Å². The van der Waals surface area contributed by atoms with Crippen molar-refractivity contribution in [1.29, 1.82) is 0 Å². The van der Waals surface area contributed by atoms with Gasteiger partial charge in [0, 0.05) is 23.7 Å². The van der Waals surface area contributed by atoms with Gasteiger partial charge in [-0.3, -0.25) is 10.1 Å². The minimum absolute atomic E-state index is 0.0447. The van der Waals surface area contributed by atoms with Crippen molar-refractivity contribution in [2.45, 2.75) is 18.4 Å².